The summed E-state index contributed by atoms with van der Waals surface area (Å²) >= 11 is 0. The second-order valence-corrected chi connectivity index (χ2v) is 15.6. The molecule has 236 valence electrons. The summed E-state index contributed by atoms with van der Waals surface area (Å²) in [5, 5.41) is 5.27. The van der Waals surface area contributed by atoms with Crippen LogP contribution < -0.4 is 0 Å². The number of fused-ring (bicyclic) bond motifs is 10. The van der Waals surface area contributed by atoms with Crippen LogP contribution in [-0.2, 0) is 10.8 Å². The number of hydrogen-bond acceptors (Lipinski definition) is 0. The molecule has 3 aliphatic carbocycles. The Morgan fingerprint density at radius 3 is 1.42 bits per heavy atom. The minimum absolute atomic E-state index is 0.0266. The topological polar surface area (TPSA) is 0 Å². The first-order valence-corrected chi connectivity index (χ1v) is 17.9. The summed E-state index contributed by atoms with van der Waals surface area (Å²) in [7, 11) is 0. The van der Waals surface area contributed by atoms with Gasteiger partial charge in [0.05, 0.1) is 0 Å². The van der Waals surface area contributed by atoms with Gasteiger partial charge < -0.3 is 0 Å². The normalized spacial score (nSPS) is 15.1. The highest BCUT2D eigenvalue weighted by Gasteiger charge is 2.38. The summed E-state index contributed by atoms with van der Waals surface area (Å²) in [4.78, 5) is 0. The second-order valence-electron chi connectivity index (χ2n) is 15.6. The van der Waals surface area contributed by atoms with E-state index in [2.05, 4.69) is 173 Å². The summed E-state index contributed by atoms with van der Waals surface area (Å²) in [6.07, 6.45) is 0. The van der Waals surface area contributed by atoms with E-state index in [4.69, 9.17) is 0 Å². The lowest BCUT2D eigenvalue weighted by molar-refractivity contribution is 0.660. The van der Waals surface area contributed by atoms with Crippen LogP contribution >= 0.6 is 0 Å². The van der Waals surface area contributed by atoms with Gasteiger partial charge in [-0.2, -0.15) is 0 Å². The summed E-state index contributed by atoms with van der Waals surface area (Å²) in [5.74, 6) is 0. The summed E-state index contributed by atoms with van der Waals surface area (Å²) in [6.45, 7) is 9.51. The Morgan fingerprint density at radius 1 is 0.320 bits per heavy atom. The van der Waals surface area contributed by atoms with Crippen molar-refractivity contribution in [1.82, 2.24) is 0 Å². The van der Waals surface area contributed by atoms with Gasteiger partial charge in [0.25, 0.3) is 0 Å². The monoisotopic (exact) mass is 636 g/mol. The average molecular weight is 637 g/mol. The minimum atomic E-state index is -0.0711. The van der Waals surface area contributed by atoms with Gasteiger partial charge in [0.15, 0.2) is 0 Å². The number of benzene rings is 8. The van der Waals surface area contributed by atoms with Crippen LogP contribution in [0.1, 0.15) is 49.9 Å². The van der Waals surface area contributed by atoms with Crippen molar-refractivity contribution in [3.05, 3.63) is 168 Å². The Labute approximate surface area is 293 Å². The molecule has 0 atom stereocenters. The lowest BCUT2D eigenvalue weighted by Crippen LogP contribution is -2.14. The van der Waals surface area contributed by atoms with E-state index < -0.39 is 0 Å². The highest BCUT2D eigenvalue weighted by atomic mass is 14.4. The molecule has 3 aliphatic rings. The number of hydrogen-bond donors (Lipinski definition) is 0. The average Bonchev–Trinajstić information content (AvgIpc) is 3.68. The molecule has 0 bridgehead atoms. The third-order valence-electron chi connectivity index (χ3n) is 12.4. The van der Waals surface area contributed by atoms with Crippen LogP contribution in [0, 0.1) is 0 Å². The minimum Gasteiger partial charge on any atom is -0.0619 e. The Balaban J connectivity index is 1.26. The van der Waals surface area contributed by atoms with Crippen molar-refractivity contribution in [3.8, 4) is 66.8 Å². The third kappa shape index (κ3) is 3.41. The smallest absolute Gasteiger partial charge is 0.0159 e. The molecule has 0 N–H and O–H groups in total. The van der Waals surface area contributed by atoms with Crippen LogP contribution in [0.4, 0.5) is 0 Å². The van der Waals surface area contributed by atoms with Crippen molar-refractivity contribution in [2.75, 3.05) is 0 Å². The fraction of sp³-hybridized carbons (Fsp3) is 0.120. The molecule has 11 rings (SSSR count). The zero-order valence-electron chi connectivity index (χ0n) is 28.9. The largest absolute Gasteiger partial charge is 0.0619 e. The van der Waals surface area contributed by atoms with E-state index in [1.807, 2.05) is 0 Å². The fourth-order valence-corrected chi connectivity index (χ4v) is 10.1. The molecule has 0 fully saturated rings. The van der Waals surface area contributed by atoms with Crippen molar-refractivity contribution in [1.29, 1.82) is 0 Å². The second kappa shape index (κ2) is 9.49. The molecule has 8 aromatic carbocycles. The van der Waals surface area contributed by atoms with Crippen LogP contribution in [0.2, 0.25) is 0 Å². The quantitative estimate of drug-likeness (QED) is 0.177. The maximum Gasteiger partial charge on any atom is 0.0159 e. The Kier molecular flexibility index (Phi) is 5.34. The van der Waals surface area contributed by atoms with E-state index in [0.29, 0.717) is 0 Å². The van der Waals surface area contributed by atoms with Crippen LogP contribution in [0.3, 0.4) is 0 Å². The maximum absolute atomic E-state index is 2.51. The zero-order chi connectivity index (χ0) is 33.5. The third-order valence-corrected chi connectivity index (χ3v) is 12.4. The lowest BCUT2D eigenvalue weighted by Gasteiger charge is -2.24. The summed E-state index contributed by atoms with van der Waals surface area (Å²) in [6, 6.07) is 55.4. The predicted molar refractivity (Wildman–Crippen MR) is 212 cm³/mol. The molecule has 0 radical (unpaired) electrons. The van der Waals surface area contributed by atoms with Gasteiger partial charge in [-0.05, 0) is 123 Å². The fourth-order valence-electron chi connectivity index (χ4n) is 10.1. The molecule has 0 saturated heterocycles. The molecule has 8 aromatic rings. The molecule has 0 aromatic heterocycles. The van der Waals surface area contributed by atoms with E-state index >= 15 is 0 Å². The van der Waals surface area contributed by atoms with Crippen molar-refractivity contribution in [3.63, 3.8) is 0 Å². The Bertz CT molecular complexity index is 2800. The molecule has 0 nitrogen and oxygen atoms in total. The van der Waals surface area contributed by atoms with E-state index in [1.54, 1.807) is 0 Å². The van der Waals surface area contributed by atoms with Crippen LogP contribution in [-0.4, -0.2) is 0 Å². The molecular formula is C50H36. The summed E-state index contributed by atoms with van der Waals surface area (Å²) in [5.41, 5.74) is 21.6. The first kappa shape index (κ1) is 28.2. The first-order chi connectivity index (χ1) is 24.3. The molecule has 0 amide bonds. The van der Waals surface area contributed by atoms with Gasteiger partial charge >= 0.3 is 0 Å². The van der Waals surface area contributed by atoms with Gasteiger partial charge in [0.1, 0.15) is 0 Å². The zero-order valence-corrected chi connectivity index (χ0v) is 28.9. The van der Waals surface area contributed by atoms with E-state index in [1.165, 1.54) is 111 Å². The summed E-state index contributed by atoms with van der Waals surface area (Å²) < 4.78 is 0. The Morgan fingerprint density at radius 2 is 0.780 bits per heavy atom. The molecule has 0 saturated carbocycles. The lowest BCUT2D eigenvalue weighted by atomic mass is 9.79. The molecule has 0 unspecified atom stereocenters. The van der Waals surface area contributed by atoms with Crippen molar-refractivity contribution in [2.24, 2.45) is 0 Å². The van der Waals surface area contributed by atoms with Gasteiger partial charge in [0.2, 0.25) is 0 Å². The molecule has 0 spiro atoms. The standard InChI is InChI=1S/C50H36/c1-49(2)41-22-10-8-16-33(41)39-27-30(24-26-42(39)49)45-35-17-5-6-18-36(35)46(48-38-20-12-14-29-13-11-19-37(44(29)38)47(45)48)31-23-25-34-32-15-7-9-21-40(32)50(3,4)43(34)28-31/h5-28H,1-4H3. The van der Waals surface area contributed by atoms with Gasteiger partial charge in [0, 0.05) is 10.8 Å². The van der Waals surface area contributed by atoms with Crippen LogP contribution in [0.25, 0.3) is 88.3 Å². The highest BCUT2D eigenvalue weighted by molar-refractivity contribution is 6.27. The molecule has 0 aliphatic heterocycles. The van der Waals surface area contributed by atoms with Gasteiger partial charge in [-0.3, -0.25) is 0 Å². The van der Waals surface area contributed by atoms with Crippen LogP contribution in [0.5, 0.6) is 0 Å². The number of rotatable bonds is 2. The highest BCUT2D eigenvalue weighted by Crippen LogP contribution is 2.59. The Hall–Kier alpha value is -5.72. The van der Waals surface area contributed by atoms with Gasteiger partial charge in [-0.15, -0.1) is 0 Å². The molecular weight excluding hydrogens is 601 g/mol. The van der Waals surface area contributed by atoms with Crippen molar-refractivity contribution >= 4 is 21.5 Å². The van der Waals surface area contributed by atoms with Gasteiger partial charge in [-0.1, -0.05) is 161 Å². The maximum atomic E-state index is 2.51. The molecule has 0 heteroatoms. The molecule has 50 heavy (non-hydrogen) atoms. The van der Waals surface area contributed by atoms with Crippen molar-refractivity contribution < 1.29 is 0 Å². The van der Waals surface area contributed by atoms with E-state index in [9.17, 15) is 0 Å². The van der Waals surface area contributed by atoms with Crippen LogP contribution in [0.15, 0.2) is 146 Å². The van der Waals surface area contributed by atoms with Crippen molar-refractivity contribution in [2.45, 2.75) is 38.5 Å². The van der Waals surface area contributed by atoms with E-state index in [0.717, 1.165) is 0 Å². The first-order valence-electron chi connectivity index (χ1n) is 17.9. The predicted octanol–water partition coefficient (Wildman–Crippen LogP) is 13.6. The van der Waals surface area contributed by atoms with E-state index in [-0.39, 0.29) is 10.8 Å². The molecule has 0 heterocycles. The van der Waals surface area contributed by atoms with Gasteiger partial charge in [-0.25, -0.2) is 0 Å². The SMILES string of the molecule is CC1(C)c2ccccc2-c2cc(-c3c4c(c(-c5ccc6c(c5)C(C)(C)c5ccccc5-6)c5ccccc35)-c3cccc5cccc-4c35)ccc21.